The molecule has 1 aliphatic rings. The number of phenolic OH excluding ortho intramolecular Hbond substituents is 2. The highest BCUT2D eigenvalue weighted by Crippen LogP contribution is 2.45. The van der Waals surface area contributed by atoms with Gasteiger partial charge in [-0.25, -0.2) is 4.39 Å². The molecule has 0 bridgehead atoms. The summed E-state index contributed by atoms with van der Waals surface area (Å²) in [6.07, 6.45) is 2.02. The summed E-state index contributed by atoms with van der Waals surface area (Å²) in [6.45, 7) is 1.87. The topological polar surface area (TPSA) is 58.3 Å². The van der Waals surface area contributed by atoms with E-state index in [0.717, 1.165) is 28.5 Å². The second kappa shape index (κ2) is 5.69. The third-order valence-electron chi connectivity index (χ3n) is 4.85. The number of hydrogen-bond donors (Lipinski definition) is 2. The van der Waals surface area contributed by atoms with E-state index in [2.05, 4.69) is 5.10 Å². The molecule has 4 nitrogen and oxygen atoms in total. The Morgan fingerprint density at radius 3 is 2.50 bits per heavy atom. The molecule has 4 rings (SSSR count). The molecule has 0 spiro atoms. The maximum Gasteiger partial charge on any atom is 0.200 e. The fourth-order valence-corrected chi connectivity index (χ4v) is 3.60. The van der Waals surface area contributed by atoms with Gasteiger partial charge in [0.15, 0.2) is 11.6 Å². The molecule has 1 aliphatic carbocycles. The lowest BCUT2D eigenvalue weighted by Crippen LogP contribution is -2.01. The number of hydrogen-bond acceptors (Lipinski definition) is 3. The molecule has 0 radical (unpaired) electrons. The van der Waals surface area contributed by atoms with E-state index in [9.17, 15) is 19.0 Å². The third kappa shape index (κ3) is 2.29. The predicted octanol–water partition coefficient (Wildman–Crippen LogP) is 3.93. The van der Waals surface area contributed by atoms with Crippen molar-refractivity contribution < 1.29 is 19.0 Å². The minimum absolute atomic E-state index is 0.0894. The number of aromatic nitrogens is 2. The van der Waals surface area contributed by atoms with E-state index in [0.29, 0.717) is 17.6 Å². The Bertz CT molecular complexity index is 1080. The Labute approximate surface area is 148 Å². The molecule has 0 amide bonds. The van der Waals surface area contributed by atoms with Gasteiger partial charge in [0, 0.05) is 24.4 Å². The number of nitrogens with zero attached hydrogens (tertiary/aromatic N) is 2. The smallest absolute Gasteiger partial charge is 0.200 e. The number of aromatic hydroxyl groups is 2. The van der Waals surface area contributed by atoms with Crippen molar-refractivity contribution in [3.63, 3.8) is 0 Å². The van der Waals surface area contributed by atoms with Gasteiger partial charge in [0.05, 0.1) is 5.69 Å². The molecule has 6 heteroatoms. The molecule has 0 saturated carbocycles. The van der Waals surface area contributed by atoms with Crippen molar-refractivity contribution in [2.24, 2.45) is 7.05 Å². The van der Waals surface area contributed by atoms with Crippen LogP contribution in [0.2, 0.25) is 0 Å². The fraction of sp³-hybridized carbons (Fsp3) is 0.150. The Balaban J connectivity index is 2.05. The minimum Gasteiger partial charge on any atom is -0.508 e. The van der Waals surface area contributed by atoms with Crippen molar-refractivity contribution >= 4 is 11.1 Å². The summed E-state index contributed by atoms with van der Waals surface area (Å²) in [7, 11) is 1.77. The molecule has 2 N–H and O–H groups in total. The van der Waals surface area contributed by atoms with Crippen LogP contribution in [0.4, 0.5) is 8.78 Å². The fourth-order valence-electron chi connectivity index (χ4n) is 3.60. The van der Waals surface area contributed by atoms with E-state index in [1.54, 1.807) is 36.1 Å². The van der Waals surface area contributed by atoms with Gasteiger partial charge in [0.25, 0.3) is 0 Å². The van der Waals surface area contributed by atoms with Crippen molar-refractivity contribution in [2.45, 2.75) is 13.3 Å². The van der Waals surface area contributed by atoms with Crippen LogP contribution in [0.5, 0.6) is 11.5 Å². The lowest BCUT2D eigenvalue weighted by Gasteiger charge is -2.11. The quantitative estimate of drug-likeness (QED) is 0.733. The van der Waals surface area contributed by atoms with Crippen LogP contribution in [-0.4, -0.2) is 20.0 Å². The number of halogens is 2. The van der Waals surface area contributed by atoms with Gasteiger partial charge in [-0.3, -0.25) is 4.68 Å². The Morgan fingerprint density at radius 2 is 1.81 bits per heavy atom. The SMILES string of the molecule is Cc1cc(O)cc2c1CC(c1ccc(O)c(F)c1F)=C2c1ccnn1C. The van der Waals surface area contributed by atoms with Crippen LogP contribution in [-0.2, 0) is 13.5 Å². The molecule has 0 unspecified atom stereocenters. The molecular formula is C20H16F2N2O2. The molecule has 0 fully saturated rings. The summed E-state index contributed by atoms with van der Waals surface area (Å²) in [5.41, 5.74) is 4.70. The second-order valence-electron chi connectivity index (χ2n) is 6.42. The van der Waals surface area contributed by atoms with Crippen LogP contribution in [0.15, 0.2) is 36.5 Å². The lowest BCUT2D eigenvalue weighted by atomic mass is 9.97. The highest BCUT2D eigenvalue weighted by molar-refractivity contribution is 6.03. The summed E-state index contributed by atoms with van der Waals surface area (Å²) >= 11 is 0. The van der Waals surface area contributed by atoms with Crippen molar-refractivity contribution in [3.8, 4) is 11.5 Å². The highest BCUT2D eigenvalue weighted by atomic mass is 19.2. The molecule has 0 atom stereocenters. The van der Waals surface area contributed by atoms with Crippen LogP contribution in [0.1, 0.15) is 27.9 Å². The molecule has 1 aromatic heterocycles. The van der Waals surface area contributed by atoms with Gasteiger partial charge in [-0.15, -0.1) is 0 Å². The number of rotatable bonds is 2. The average molecular weight is 354 g/mol. The first kappa shape index (κ1) is 16.3. The zero-order valence-electron chi connectivity index (χ0n) is 14.2. The average Bonchev–Trinajstić information content (AvgIpc) is 3.16. The maximum absolute atomic E-state index is 14.6. The first-order chi connectivity index (χ1) is 12.4. The Hall–Kier alpha value is -3.15. The Morgan fingerprint density at radius 1 is 1.04 bits per heavy atom. The lowest BCUT2D eigenvalue weighted by molar-refractivity contribution is 0.406. The van der Waals surface area contributed by atoms with Crippen LogP contribution in [0.3, 0.4) is 0 Å². The second-order valence-corrected chi connectivity index (χ2v) is 6.42. The number of fused-ring (bicyclic) bond motifs is 1. The van der Waals surface area contributed by atoms with E-state index in [1.165, 1.54) is 6.07 Å². The zero-order chi connectivity index (χ0) is 18.6. The summed E-state index contributed by atoms with van der Waals surface area (Å²) < 4.78 is 30.2. The van der Waals surface area contributed by atoms with Gasteiger partial charge in [-0.1, -0.05) is 0 Å². The molecular weight excluding hydrogens is 338 g/mol. The monoisotopic (exact) mass is 354 g/mol. The summed E-state index contributed by atoms with van der Waals surface area (Å²) in [5.74, 6) is -2.97. The molecule has 3 aromatic rings. The summed E-state index contributed by atoms with van der Waals surface area (Å²) in [4.78, 5) is 0. The van der Waals surface area contributed by atoms with Gasteiger partial charge >= 0.3 is 0 Å². The predicted molar refractivity (Wildman–Crippen MR) is 93.7 cm³/mol. The van der Waals surface area contributed by atoms with Crippen molar-refractivity contribution in [2.75, 3.05) is 0 Å². The van der Waals surface area contributed by atoms with Gasteiger partial charge in [-0.05, 0) is 65.9 Å². The van der Waals surface area contributed by atoms with Gasteiger partial charge in [0.1, 0.15) is 5.75 Å². The normalized spacial score (nSPS) is 13.4. The molecule has 132 valence electrons. The van der Waals surface area contributed by atoms with Crippen molar-refractivity contribution in [1.29, 1.82) is 0 Å². The van der Waals surface area contributed by atoms with Crippen molar-refractivity contribution in [3.05, 3.63) is 76.1 Å². The number of benzene rings is 2. The first-order valence-electron chi connectivity index (χ1n) is 8.10. The van der Waals surface area contributed by atoms with Crippen molar-refractivity contribution in [1.82, 2.24) is 9.78 Å². The first-order valence-corrected chi connectivity index (χ1v) is 8.10. The van der Waals surface area contributed by atoms with E-state index < -0.39 is 17.4 Å². The van der Waals surface area contributed by atoms with Crippen LogP contribution >= 0.6 is 0 Å². The molecule has 0 aliphatic heterocycles. The third-order valence-corrected chi connectivity index (χ3v) is 4.85. The number of allylic oxidation sites excluding steroid dienone is 1. The van der Waals surface area contributed by atoms with Gasteiger partial charge < -0.3 is 10.2 Å². The molecule has 1 heterocycles. The number of phenols is 2. The van der Waals surface area contributed by atoms with Gasteiger partial charge in [-0.2, -0.15) is 9.49 Å². The minimum atomic E-state index is -1.27. The van der Waals surface area contributed by atoms with Gasteiger partial charge in [0.2, 0.25) is 5.82 Å². The maximum atomic E-state index is 14.6. The molecule has 26 heavy (non-hydrogen) atoms. The van der Waals surface area contributed by atoms with Crippen LogP contribution in [0.25, 0.3) is 11.1 Å². The van der Waals surface area contributed by atoms with Crippen LogP contribution < -0.4 is 0 Å². The largest absolute Gasteiger partial charge is 0.508 e. The van der Waals surface area contributed by atoms with E-state index >= 15 is 0 Å². The number of aryl methyl sites for hydroxylation is 2. The standard InChI is InChI=1S/C20H16F2N2O2/c1-10-7-11(25)8-14-13(10)9-15(18(14)16-5-6-23-24(16)2)12-3-4-17(26)20(22)19(12)21/h3-8,25-26H,9H2,1-2H3. The summed E-state index contributed by atoms with van der Waals surface area (Å²) in [5, 5.41) is 23.7. The Kier molecular flexibility index (Phi) is 3.57. The van der Waals surface area contributed by atoms with E-state index in [1.807, 2.05) is 6.92 Å². The molecule has 0 saturated heterocycles. The van der Waals surface area contributed by atoms with E-state index in [4.69, 9.17) is 0 Å². The zero-order valence-corrected chi connectivity index (χ0v) is 14.2. The summed E-state index contributed by atoms with van der Waals surface area (Å²) in [6, 6.07) is 7.59. The molecule has 2 aromatic carbocycles. The van der Waals surface area contributed by atoms with E-state index in [-0.39, 0.29) is 11.3 Å². The highest BCUT2D eigenvalue weighted by Gasteiger charge is 2.30. The van der Waals surface area contributed by atoms with Crippen LogP contribution in [0, 0.1) is 18.6 Å².